The van der Waals surface area contributed by atoms with E-state index >= 15 is 0 Å². The number of ether oxygens (including phenoxy) is 1. The fraction of sp³-hybridized carbons (Fsp3) is 0.375. The van der Waals surface area contributed by atoms with Crippen LogP contribution in [-0.2, 0) is 4.74 Å². The Kier molecular flexibility index (Phi) is 5.15. The van der Waals surface area contributed by atoms with Gasteiger partial charge in [-0.3, -0.25) is 0 Å². The van der Waals surface area contributed by atoms with Gasteiger partial charge in [-0.2, -0.15) is 5.26 Å². The van der Waals surface area contributed by atoms with Gasteiger partial charge < -0.3 is 20.7 Å². The number of hydrogen-bond acceptors (Lipinski definition) is 8. The summed E-state index contributed by atoms with van der Waals surface area (Å²) >= 11 is 0. The smallest absolute Gasteiger partial charge is 0.158 e. The van der Waals surface area contributed by atoms with E-state index in [1.165, 1.54) is 12.4 Å². The number of anilines is 3. The number of hydrogen-bond donors (Lipinski definition) is 3. The van der Waals surface area contributed by atoms with E-state index in [0.717, 1.165) is 37.5 Å². The third-order valence-corrected chi connectivity index (χ3v) is 3.65. The van der Waals surface area contributed by atoms with Crippen LogP contribution in [-0.4, -0.2) is 47.3 Å². The van der Waals surface area contributed by atoms with Gasteiger partial charge in [0, 0.05) is 37.6 Å². The predicted octanol–water partition coefficient (Wildman–Crippen LogP) is 1.20. The highest BCUT2D eigenvalue weighted by Crippen LogP contribution is 2.20. The Bertz CT molecular complexity index is 720. The lowest BCUT2D eigenvalue weighted by atomic mass is 10.2. The largest absolute Gasteiger partial charge is 0.382 e. The molecule has 2 aromatic rings. The predicted molar refractivity (Wildman–Crippen MR) is 90.1 cm³/mol. The molecule has 0 spiro atoms. The number of aryl methyl sites for hydroxylation is 1. The second-order valence-electron chi connectivity index (χ2n) is 5.49. The molecule has 0 saturated carbocycles. The maximum atomic E-state index is 8.74. The van der Waals surface area contributed by atoms with Gasteiger partial charge in [-0.25, -0.2) is 15.0 Å². The highest BCUT2D eigenvalue weighted by Gasteiger charge is 2.13. The van der Waals surface area contributed by atoms with E-state index in [2.05, 4.69) is 30.9 Å². The first-order valence-electron chi connectivity index (χ1n) is 7.76. The van der Waals surface area contributed by atoms with Gasteiger partial charge in [0.25, 0.3) is 0 Å². The summed E-state index contributed by atoms with van der Waals surface area (Å²) in [7, 11) is 0. The second-order valence-corrected chi connectivity index (χ2v) is 5.49. The molecule has 24 heavy (non-hydrogen) atoms. The monoisotopic (exact) mass is 325 g/mol. The number of morpholine rings is 1. The summed E-state index contributed by atoms with van der Waals surface area (Å²) in [6, 6.07) is 3.86. The van der Waals surface area contributed by atoms with Crippen molar-refractivity contribution in [1.82, 2.24) is 20.3 Å². The molecule has 0 amide bonds. The zero-order valence-corrected chi connectivity index (χ0v) is 13.4. The van der Waals surface area contributed by atoms with E-state index < -0.39 is 0 Å². The summed E-state index contributed by atoms with van der Waals surface area (Å²) in [5, 5.41) is 18.5. The Labute approximate surface area is 140 Å². The van der Waals surface area contributed by atoms with Gasteiger partial charge in [-0.1, -0.05) is 0 Å². The van der Waals surface area contributed by atoms with Gasteiger partial charge in [-0.15, -0.1) is 0 Å². The fourth-order valence-electron chi connectivity index (χ4n) is 2.34. The Morgan fingerprint density at radius 3 is 2.88 bits per heavy atom. The SMILES string of the molecule is Cc1cnc(Nc2cnc(C#N)cn2)cc1NC[C@H]1CNCCO1. The van der Waals surface area contributed by atoms with Crippen LogP contribution in [0.4, 0.5) is 17.3 Å². The number of nitrogens with zero attached hydrogens (tertiary/aromatic N) is 4. The van der Waals surface area contributed by atoms with Crippen LogP contribution in [0, 0.1) is 18.3 Å². The van der Waals surface area contributed by atoms with Crippen molar-refractivity contribution in [1.29, 1.82) is 5.26 Å². The van der Waals surface area contributed by atoms with Crippen molar-refractivity contribution in [2.24, 2.45) is 0 Å². The molecule has 0 unspecified atom stereocenters. The number of nitrogens with one attached hydrogen (secondary N) is 3. The quantitative estimate of drug-likeness (QED) is 0.752. The minimum Gasteiger partial charge on any atom is -0.382 e. The highest BCUT2D eigenvalue weighted by atomic mass is 16.5. The third kappa shape index (κ3) is 4.16. The standard InChI is InChI=1S/C16H19N7O/c1-11-6-21-15(23-16-10-19-12(5-17)7-22-16)4-14(11)20-9-13-8-18-2-3-24-13/h4,6-7,10,13,18H,2-3,8-9H2,1H3,(H2,20,21,22,23)/t13-/m1/s1. The molecule has 0 aromatic carbocycles. The maximum absolute atomic E-state index is 8.74. The fourth-order valence-corrected chi connectivity index (χ4v) is 2.34. The van der Waals surface area contributed by atoms with Gasteiger partial charge in [0.15, 0.2) is 5.69 Å². The van der Waals surface area contributed by atoms with Crippen molar-refractivity contribution >= 4 is 17.3 Å². The van der Waals surface area contributed by atoms with Crippen LogP contribution in [0.25, 0.3) is 0 Å². The van der Waals surface area contributed by atoms with Crippen LogP contribution in [0.15, 0.2) is 24.7 Å². The van der Waals surface area contributed by atoms with Gasteiger partial charge in [0.05, 0.1) is 25.1 Å². The molecule has 2 aromatic heterocycles. The Hall–Kier alpha value is -2.76. The van der Waals surface area contributed by atoms with E-state index in [1.807, 2.05) is 19.1 Å². The van der Waals surface area contributed by atoms with E-state index in [0.29, 0.717) is 11.6 Å². The molecular weight excluding hydrogens is 306 g/mol. The van der Waals surface area contributed by atoms with Crippen LogP contribution in [0.2, 0.25) is 0 Å². The Balaban J connectivity index is 1.65. The van der Waals surface area contributed by atoms with Crippen LogP contribution in [0.1, 0.15) is 11.3 Å². The third-order valence-electron chi connectivity index (χ3n) is 3.65. The molecule has 1 atom stereocenters. The summed E-state index contributed by atoms with van der Waals surface area (Å²) in [5.41, 5.74) is 2.32. The lowest BCUT2D eigenvalue weighted by Crippen LogP contribution is -2.42. The summed E-state index contributed by atoms with van der Waals surface area (Å²) in [4.78, 5) is 12.5. The van der Waals surface area contributed by atoms with Gasteiger partial charge >= 0.3 is 0 Å². The molecule has 8 heteroatoms. The molecule has 0 bridgehead atoms. The zero-order chi connectivity index (χ0) is 16.8. The van der Waals surface area contributed by atoms with Gasteiger partial charge in [0.2, 0.25) is 0 Å². The Morgan fingerprint density at radius 2 is 2.17 bits per heavy atom. The molecule has 1 fully saturated rings. The molecule has 1 saturated heterocycles. The van der Waals surface area contributed by atoms with Crippen molar-refractivity contribution in [2.75, 3.05) is 36.9 Å². The molecular formula is C16H19N7O. The average Bonchev–Trinajstić information content (AvgIpc) is 2.63. The first kappa shape index (κ1) is 16.1. The molecule has 3 heterocycles. The first-order valence-corrected chi connectivity index (χ1v) is 7.76. The molecule has 8 nitrogen and oxygen atoms in total. The van der Waals surface area contributed by atoms with Gasteiger partial charge in [0.1, 0.15) is 17.7 Å². The molecule has 3 N–H and O–H groups in total. The summed E-state index contributed by atoms with van der Waals surface area (Å²) in [5.74, 6) is 1.20. The van der Waals surface area contributed by atoms with E-state index in [9.17, 15) is 0 Å². The summed E-state index contributed by atoms with van der Waals surface area (Å²) in [6.07, 6.45) is 4.88. The normalized spacial score (nSPS) is 17.1. The number of rotatable bonds is 5. The lowest BCUT2D eigenvalue weighted by Gasteiger charge is -2.24. The highest BCUT2D eigenvalue weighted by molar-refractivity contribution is 5.61. The van der Waals surface area contributed by atoms with Crippen molar-refractivity contribution in [3.8, 4) is 6.07 Å². The van der Waals surface area contributed by atoms with Crippen LogP contribution >= 0.6 is 0 Å². The van der Waals surface area contributed by atoms with Crippen LogP contribution in [0.5, 0.6) is 0 Å². The van der Waals surface area contributed by atoms with Crippen molar-refractivity contribution in [3.05, 3.63) is 35.9 Å². The Morgan fingerprint density at radius 1 is 1.29 bits per heavy atom. The average molecular weight is 325 g/mol. The van der Waals surface area contributed by atoms with Crippen molar-refractivity contribution in [2.45, 2.75) is 13.0 Å². The number of aromatic nitrogens is 3. The maximum Gasteiger partial charge on any atom is 0.158 e. The van der Waals surface area contributed by atoms with Crippen molar-refractivity contribution < 1.29 is 4.74 Å². The molecule has 0 aliphatic carbocycles. The topological polar surface area (TPSA) is 108 Å². The van der Waals surface area contributed by atoms with Crippen LogP contribution in [0.3, 0.4) is 0 Å². The molecule has 3 rings (SSSR count). The van der Waals surface area contributed by atoms with Crippen molar-refractivity contribution in [3.63, 3.8) is 0 Å². The number of pyridine rings is 1. The first-order chi connectivity index (χ1) is 11.7. The minimum absolute atomic E-state index is 0.159. The van der Waals surface area contributed by atoms with Crippen LogP contribution < -0.4 is 16.0 Å². The number of nitriles is 1. The minimum atomic E-state index is 0.159. The summed E-state index contributed by atoms with van der Waals surface area (Å²) in [6.45, 7) is 5.23. The molecule has 1 aliphatic heterocycles. The molecule has 1 aliphatic rings. The van der Waals surface area contributed by atoms with E-state index in [-0.39, 0.29) is 11.8 Å². The molecule has 0 radical (unpaired) electrons. The summed E-state index contributed by atoms with van der Waals surface area (Å²) < 4.78 is 5.69. The lowest BCUT2D eigenvalue weighted by molar-refractivity contribution is 0.0372. The van der Waals surface area contributed by atoms with E-state index in [1.54, 1.807) is 6.20 Å². The molecule has 124 valence electrons. The second kappa shape index (κ2) is 7.68. The zero-order valence-electron chi connectivity index (χ0n) is 13.4. The van der Waals surface area contributed by atoms with E-state index in [4.69, 9.17) is 10.00 Å². The van der Waals surface area contributed by atoms with Gasteiger partial charge in [-0.05, 0) is 12.5 Å².